The third-order valence-electron chi connectivity index (χ3n) is 2.89. The molecule has 2 N–H and O–H groups in total. The average Bonchev–Trinajstić information content (AvgIpc) is 2.69. The van der Waals surface area contributed by atoms with Crippen LogP contribution in [0.15, 0.2) is 34.8 Å². The minimum Gasteiger partial charge on any atom is -0.369 e. The highest BCUT2D eigenvalue weighted by atomic mass is 79.9. The Bertz CT molecular complexity index is 832. The molecule has 0 aliphatic heterocycles. The molecule has 1 heterocycles. The molecule has 2 aromatic carbocycles. The predicted molar refractivity (Wildman–Crippen MR) is 78.1 cm³/mol. The van der Waals surface area contributed by atoms with Crippen molar-refractivity contribution < 1.29 is 8.78 Å². The molecule has 0 unspecified atom stereocenters. The van der Waals surface area contributed by atoms with Crippen LogP contribution in [0, 0.1) is 11.6 Å². The zero-order valence-electron chi connectivity index (χ0n) is 9.87. The summed E-state index contributed by atoms with van der Waals surface area (Å²) in [6.07, 6.45) is 0. The molecule has 0 spiro atoms. The summed E-state index contributed by atoms with van der Waals surface area (Å²) < 4.78 is 29.4. The Kier molecular flexibility index (Phi) is 3.14. The monoisotopic (exact) mass is 357 g/mol. The van der Waals surface area contributed by atoms with Crippen LogP contribution in [0.2, 0.25) is 5.02 Å². The number of nitrogens with zero attached hydrogens (tertiary/aromatic N) is 2. The van der Waals surface area contributed by atoms with E-state index in [4.69, 9.17) is 17.3 Å². The van der Waals surface area contributed by atoms with Gasteiger partial charge in [0.2, 0.25) is 5.95 Å². The maximum Gasteiger partial charge on any atom is 0.206 e. The quantitative estimate of drug-likeness (QED) is 0.705. The molecule has 3 rings (SSSR count). The summed E-state index contributed by atoms with van der Waals surface area (Å²) in [5.74, 6) is -1.07. The van der Waals surface area contributed by atoms with Gasteiger partial charge in [0.15, 0.2) is 5.82 Å². The van der Waals surface area contributed by atoms with Gasteiger partial charge in [0.05, 0.1) is 26.2 Å². The minimum absolute atomic E-state index is 0.0404. The van der Waals surface area contributed by atoms with Crippen molar-refractivity contribution in [2.75, 3.05) is 5.73 Å². The number of rotatable bonds is 1. The van der Waals surface area contributed by atoms with E-state index in [2.05, 4.69) is 20.9 Å². The Morgan fingerprint density at radius 2 is 2.00 bits per heavy atom. The third-order valence-corrected chi connectivity index (χ3v) is 3.79. The SMILES string of the molecule is Nc1nc2cc(Br)c(F)cc2n1-c1cccc(Cl)c1F. The van der Waals surface area contributed by atoms with Crippen molar-refractivity contribution in [3.05, 3.63) is 51.5 Å². The average molecular weight is 359 g/mol. The van der Waals surface area contributed by atoms with Gasteiger partial charge in [-0.25, -0.2) is 13.8 Å². The van der Waals surface area contributed by atoms with Crippen LogP contribution in [-0.4, -0.2) is 9.55 Å². The van der Waals surface area contributed by atoms with Gasteiger partial charge in [0, 0.05) is 6.07 Å². The Labute approximate surface area is 126 Å². The predicted octanol–water partition coefficient (Wildman–Crippen LogP) is 4.30. The van der Waals surface area contributed by atoms with Crippen LogP contribution in [0.1, 0.15) is 0 Å². The van der Waals surface area contributed by atoms with Crippen molar-refractivity contribution in [3.63, 3.8) is 0 Å². The van der Waals surface area contributed by atoms with Crippen LogP contribution < -0.4 is 5.73 Å². The maximum absolute atomic E-state index is 14.1. The lowest BCUT2D eigenvalue weighted by molar-refractivity contribution is 0.617. The van der Waals surface area contributed by atoms with E-state index in [-0.39, 0.29) is 21.1 Å². The molecule has 3 nitrogen and oxygen atoms in total. The van der Waals surface area contributed by atoms with E-state index >= 15 is 0 Å². The lowest BCUT2D eigenvalue weighted by atomic mass is 10.2. The maximum atomic E-state index is 14.1. The number of benzene rings is 2. The van der Waals surface area contributed by atoms with Gasteiger partial charge in [-0.3, -0.25) is 4.57 Å². The van der Waals surface area contributed by atoms with E-state index in [9.17, 15) is 8.78 Å². The molecule has 0 saturated carbocycles. The molecular formula is C13H7BrClF2N3. The summed E-state index contributed by atoms with van der Waals surface area (Å²) in [6, 6.07) is 7.23. The zero-order chi connectivity index (χ0) is 14.4. The summed E-state index contributed by atoms with van der Waals surface area (Å²) in [7, 11) is 0. The van der Waals surface area contributed by atoms with Crippen molar-refractivity contribution in [3.8, 4) is 5.69 Å². The second kappa shape index (κ2) is 4.71. The van der Waals surface area contributed by atoms with Gasteiger partial charge in [0.25, 0.3) is 0 Å². The van der Waals surface area contributed by atoms with Gasteiger partial charge in [-0.2, -0.15) is 0 Å². The highest BCUT2D eigenvalue weighted by molar-refractivity contribution is 9.10. The van der Waals surface area contributed by atoms with Gasteiger partial charge in [-0.1, -0.05) is 17.7 Å². The lowest BCUT2D eigenvalue weighted by Gasteiger charge is -2.08. The van der Waals surface area contributed by atoms with Gasteiger partial charge >= 0.3 is 0 Å². The van der Waals surface area contributed by atoms with Crippen LogP contribution >= 0.6 is 27.5 Å². The Balaban J connectivity index is 2.39. The van der Waals surface area contributed by atoms with Gasteiger partial charge in [-0.05, 0) is 34.1 Å². The first-order chi connectivity index (χ1) is 9.49. The fourth-order valence-electron chi connectivity index (χ4n) is 2.01. The Hall–Kier alpha value is -1.66. The van der Waals surface area contributed by atoms with Gasteiger partial charge < -0.3 is 5.73 Å². The highest BCUT2D eigenvalue weighted by Gasteiger charge is 2.16. The van der Waals surface area contributed by atoms with Crippen molar-refractivity contribution in [2.45, 2.75) is 0 Å². The molecule has 3 aromatic rings. The summed E-state index contributed by atoms with van der Waals surface area (Å²) >= 11 is 8.83. The number of aromatic nitrogens is 2. The normalized spacial score (nSPS) is 11.2. The smallest absolute Gasteiger partial charge is 0.206 e. The number of hydrogen-bond donors (Lipinski definition) is 1. The number of imidazole rings is 1. The van der Waals surface area contributed by atoms with Crippen LogP contribution in [0.4, 0.5) is 14.7 Å². The van der Waals surface area contributed by atoms with E-state index in [1.165, 1.54) is 28.8 Å². The largest absolute Gasteiger partial charge is 0.369 e. The highest BCUT2D eigenvalue weighted by Crippen LogP contribution is 2.30. The number of hydrogen-bond acceptors (Lipinski definition) is 2. The van der Waals surface area contributed by atoms with Crippen LogP contribution in [0.3, 0.4) is 0 Å². The fourth-order valence-corrected chi connectivity index (χ4v) is 2.51. The molecule has 0 atom stereocenters. The van der Waals surface area contributed by atoms with E-state index in [0.29, 0.717) is 11.0 Å². The summed E-state index contributed by atoms with van der Waals surface area (Å²) in [5.41, 5.74) is 6.75. The lowest BCUT2D eigenvalue weighted by Crippen LogP contribution is -2.03. The van der Waals surface area contributed by atoms with E-state index in [1.807, 2.05) is 0 Å². The number of fused-ring (bicyclic) bond motifs is 1. The number of nitrogen functional groups attached to an aromatic ring is 1. The summed E-state index contributed by atoms with van der Waals surface area (Å²) in [6.45, 7) is 0. The molecule has 0 amide bonds. The topological polar surface area (TPSA) is 43.8 Å². The molecule has 1 aromatic heterocycles. The number of anilines is 1. The molecule has 0 radical (unpaired) electrons. The molecular weight excluding hydrogens is 352 g/mol. The molecule has 0 aliphatic carbocycles. The Morgan fingerprint density at radius 1 is 1.25 bits per heavy atom. The summed E-state index contributed by atoms with van der Waals surface area (Å²) in [5, 5.41) is -0.0404. The number of nitrogens with two attached hydrogens (primary N) is 1. The third kappa shape index (κ3) is 1.96. The molecule has 0 bridgehead atoms. The van der Waals surface area contributed by atoms with E-state index in [0.717, 1.165) is 0 Å². The second-order valence-corrected chi connectivity index (χ2v) is 5.39. The van der Waals surface area contributed by atoms with Gasteiger partial charge in [0.1, 0.15) is 5.82 Å². The van der Waals surface area contributed by atoms with E-state index < -0.39 is 11.6 Å². The zero-order valence-corrected chi connectivity index (χ0v) is 12.2. The molecule has 0 aliphatic rings. The van der Waals surface area contributed by atoms with Crippen LogP contribution in [0.25, 0.3) is 16.7 Å². The number of halogens is 4. The Morgan fingerprint density at radius 3 is 2.75 bits per heavy atom. The minimum atomic E-state index is -0.636. The first-order valence-corrected chi connectivity index (χ1v) is 6.73. The molecule has 0 saturated heterocycles. The van der Waals surface area contributed by atoms with Crippen LogP contribution in [0.5, 0.6) is 0 Å². The first kappa shape index (κ1) is 13.3. The standard InChI is InChI=1S/C13H7BrClF2N3/c14-6-4-9-11(5-8(6)16)20(13(18)19-9)10-3-1-2-7(15)12(10)17/h1-5H,(H2,18,19). The van der Waals surface area contributed by atoms with Crippen molar-refractivity contribution >= 4 is 44.5 Å². The van der Waals surface area contributed by atoms with Crippen molar-refractivity contribution in [1.29, 1.82) is 0 Å². The molecule has 20 heavy (non-hydrogen) atoms. The first-order valence-electron chi connectivity index (χ1n) is 5.56. The van der Waals surface area contributed by atoms with Gasteiger partial charge in [-0.15, -0.1) is 0 Å². The van der Waals surface area contributed by atoms with E-state index in [1.54, 1.807) is 6.07 Å². The van der Waals surface area contributed by atoms with Crippen molar-refractivity contribution in [1.82, 2.24) is 9.55 Å². The van der Waals surface area contributed by atoms with Crippen molar-refractivity contribution in [2.24, 2.45) is 0 Å². The second-order valence-electron chi connectivity index (χ2n) is 4.13. The van der Waals surface area contributed by atoms with Crippen LogP contribution in [-0.2, 0) is 0 Å². The fraction of sp³-hybridized carbons (Fsp3) is 0. The molecule has 102 valence electrons. The molecule has 7 heteroatoms. The summed E-state index contributed by atoms with van der Waals surface area (Å²) in [4.78, 5) is 4.10. The molecule has 0 fully saturated rings.